The van der Waals surface area contributed by atoms with E-state index in [9.17, 15) is 18.5 Å². The van der Waals surface area contributed by atoms with Crippen LogP contribution in [0.4, 0.5) is 5.69 Å². The number of nitro benzene ring substituents is 1. The van der Waals surface area contributed by atoms with Crippen LogP contribution >= 0.6 is 0 Å². The van der Waals surface area contributed by atoms with Crippen LogP contribution in [0.1, 0.15) is 30.9 Å². The van der Waals surface area contributed by atoms with E-state index in [-0.39, 0.29) is 23.2 Å². The molecule has 0 bridgehead atoms. The van der Waals surface area contributed by atoms with Crippen molar-refractivity contribution in [2.45, 2.75) is 44.6 Å². The number of aliphatic hydroxyl groups is 1. The molecule has 1 rings (SSSR count). The lowest BCUT2D eigenvalue weighted by atomic mass is 10.1. The van der Waals surface area contributed by atoms with Crippen molar-refractivity contribution in [3.63, 3.8) is 0 Å². The minimum Gasteiger partial charge on any atom is -0.396 e. The van der Waals surface area contributed by atoms with Crippen LogP contribution in [0.15, 0.2) is 17.0 Å². The summed E-state index contributed by atoms with van der Waals surface area (Å²) in [6.07, 6.45) is 0.972. The predicted octanol–water partition coefficient (Wildman–Crippen LogP) is 1.65. The van der Waals surface area contributed by atoms with Crippen molar-refractivity contribution in [3.8, 4) is 0 Å². The van der Waals surface area contributed by atoms with Gasteiger partial charge in [0.15, 0.2) is 0 Å². The van der Waals surface area contributed by atoms with Gasteiger partial charge in [0.2, 0.25) is 10.0 Å². The highest BCUT2D eigenvalue weighted by Crippen LogP contribution is 2.25. The fraction of sp³-hybridized carbons (Fsp3) is 0.538. The molecule has 1 atom stereocenters. The molecule has 0 spiro atoms. The molecule has 0 aliphatic carbocycles. The van der Waals surface area contributed by atoms with Gasteiger partial charge >= 0.3 is 0 Å². The topological polar surface area (TPSA) is 110 Å². The van der Waals surface area contributed by atoms with Crippen LogP contribution in [0.2, 0.25) is 0 Å². The minimum absolute atomic E-state index is 0.0129. The van der Waals surface area contributed by atoms with Gasteiger partial charge in [0.25, 0.3) is 5.69 Å². The summed E-state index contributed by atoms with van der Waals surface area (Å²) in [5.74, 6) is 0. The maximum Gasteiger partial charge on any atom is 0.271 e. The number of sulfonamides is 1. The van der Waals surface area contributed by atoms with Gasteiger partial charge in [0, 0.05) is 24.8 Å². The van der Waals surface area contributed by atoms with E-state index < -0.39 is 14.9 Å². The van der Waals surface area contributed by atoms with Gasteiger partial charge in [-0.15, -0.1) is 0 Å². The van der Waals surface area contributed by atoms with Crippen molar-refractivity contribution in [2.75, 3.05) is 6.61 Å². The van der Waals surface area contributed by atoms with Crippen LogP contribution in [0.5, 0.6) is 0 Å². The molecule has 0 fully saturated rings. The number of hydrogen-bond donors (Lipinski definition) is 2. The summed E-state index contributed by atoms with van der Waals surface area (Å²) in [7, 11) is -3.84. The summed E-state index contributed by atoms with van der Waals surface area (Å²) in [5.41, 5.74) is 0.788. The van der Waals surface area contributed by atoms with Crippen LogP contribution in [0.25, 0.3) is 0 Å². The molecule has 0 radical (unpaired) electrons. The van der Waals surface area contributed by atoms with Crippen molar-refractivity contribution < 1.29 is 18.4 Å². The zero-order valence-electron chi connectivity index (χ0n) is 12.3. The smallest absolute Gasteiger partial charge is 0.271 e. The van der Waals surface area contributed by atoms with Gasteiger partial charge in [-0.2, -0.15) is 0 Å². The van der Waals surface area contributed by atoms with Gasteiger partial charge in [-0.05, 0) is 44.7 Å². The Balaban J connectivity index is 3.16. The first kappa shape index (κ1) is 17.5. The van der Waals surface area contributed by atoms with E-state index in [1.807, 2.05) is 0 Å². The molecule has 0 amide bonds. The summed E-state index contributed by atoms with van der Waals surface area (Å²) in [6, 6.07) is 2.06. The number of nitro groups is 1. The predicted molar refractivity (Wildman–Crippen MR) is 78.7 cm³/mol. The second-order valence-corrected chi connectivity index (χ2v) is 6.71. The average Bonchev–Trinajstić information content (AvgIpc) is 2.38. The van der Waals surface area contributed by atoms with Gasteiger partial charge in [0.1, 0.15) is 0 Å². The molecule has 0 aliphatic rings. The number of non-ortho nitro benzene ring substituents is 1. The Morgan fingerprint density at radius 3 is 2.52 bits per heavy atom. The molecular weight excluding hydrogens is 296 g/mol. The number of benzene rings is 1. The molecule has 1 aromatic carbocycles. The normalized spacial score (nSPS) is 13.1. The molecule has 21 heavy (non-hydrogen) atoms. The summed E-state index contributed by atoms with van der Waals surface area (Å²) in [4.78, 5) is 10.2. The van der Waals surface area contributed by atoms with Gasteiger partial charge in [0.05, 0.1) is 9.82 Å². The van der Waals surface area contributed by atoms with Crippen LogP contribution < -0.4 is 4.72 Å². The highest BCUT2D eigenvalue weighted by atomic mass is 32.2. The van der Waals surface area contributed by atoms with Crippen molar-refractivity contribution in [2.24, 2.45) is 0 Å². The second kappa shape index (κ2) is 6.97. The third-order valence-electron chi connectivity index (χ3n) is 3.26. The van der Waals surface area contributed by atoms with E-state index in [0.29, 0.717) is 24.0 Å². The SMILES string of the molecule is Cc1cc([N+](=O)[O-])cc(S(=O)(=O)NC(C)CCCO)c1C. The highest BCUT2D eigenvalue weighted by molar-refractivity contribution is 7.89. The number of nitrogens with zero attached hydrogens (tertiary/aromatic N) is 1. The van der Waals surface area contributed by atoms with Gasteiger partial charge < -0.3 is 5.11 Å². The van der Waals surface area contributed by atoms with E-state index in [2.05, 4.69) is 4.72 Å². The summed E-state index contributed by atoms with van der Waals surface area (Å²) in [6.45, 7) is 4.93. The monoisotopic (exact) mass is 316 g/mol. The Kier molecular flexibility index (Phi) is 5.82. The Bertz CT molecular complexity index is 628. The Morgan fingerprint density at radius 1 is 1.38 bits per heavy atom. The number of nitrogens with one attached hydrogen (secondary N) is 1. The first-order chi connectivity index (χ1) is 9.69. The zero-order chi connectivity index (χ0) is 16.2. The Hall–Kier alpha value is -1.51. The van der Waals surface area contributed by atoms with Gasteiger partial charge in [-0.25, -0.2) is 13.1 Å². The third kappa shape index (κ3) is 4.48. The molecule has 118 valence electrons. The van der Waals surface area contributed by atoms with Crippen molar-refractivity contribution in [3.05, 3.63) is 33.4 Å². The maximum atomic E-state index is 12.4. The molecule has 0 heterocycles. The van der Waals surface area contributed by atoms with Crippen molar-refractivity contribution >= 4 is 15.7 Å². The summed E-state index contributed by atoms with van der Waals surface area (Å²) < 4.78 is 27.2. The van der Waals surface area contributed by atoms with Gasteiger partial charge in [-0.1, -0.05) is 0 Å². The lowest BCUT2D eigenvalue weighted by Crippen LogP contribution is -2.33. The second-order valence-electron chi connectivity index (χ2n) is 5.03. The molecule has 2 N–H and O–H groups in total. The van der Waals surface area contributed by atoms with Crippen LogP contribution in [-0.4, -0.2) is 31.1 Å². The fourth-order valence-electron chi connectivity index (χ4n) is 1.98. The minimum atomic E-state index is -3.84. The average molecular weight is 316 g/mol. The quantitative estimate of drug-likeness (QED) is 0.587. The van der Waals surface area contributed by atoms with Gasteiger partial charge in [-0.3, -0.25) is 10.1 Å². The Morgan fingerprint density at radius 2 is 2.00 bits per heavy atom. The van der Waals surface area contributed by atoms with Crippen LogP contribution in [0.3, 0.4) is 0 Å². The van der Waals surface area contributed by atoms with Crippen LogP contribution in [-0.2, 0) is 10.0 Å². The maximum absolute atomic E-state index is 12.4. The van der Waals surface area contributed by atoms with Crippen molar-refractivity contribution in [1.82, 2.24) is 4.72 Å². The number of aryl methyl sites for hydroxylation is 1. The number of aliphatic hydroxyl groups excluding tert-OH is 1. The largest absolute Gasteiger partial charge is 0.396 e. The Labute approximate surface area is 124 Å². The molecule has 7 nitrogen and oxygen atoms in total. The molecule has 1 unspecified atom stereocenters. The first-order valence-electron chi connectivity index (χ1n) is 6.58. The molecule has 1 aromatic rings. The molecule has 8 heteroatoms. The van der Waals surface area contributed by atoms with E-state index in [4.69, 9.17) is 5.11 Å². The number of rotatable bonds is 7. The molecule has 0 saturated carbocycles. The van der Waals surface area contributed by atoms with Crippen molar-refractivity contribution in [1.29, 1.82) is 0 Å². The van der Waals surface area contributed by atoms with E-state index in [1.165, 1.54) is 6.07 Å². The molecule has 0 saturated heterocycles. The lowest BCUT2D eigenvalue weighted by molar-refractivity contribution is -0.385. The standard InChI is InChI=1S/C13H20N2O5S/c1-9-7-12(15(17)18)8-13(11(9)3)21(19,20)14-10(2)5-4-6-16/h7-8,10,14,16H,4-6H2,1-3H3. The summed E-state index contributed by atoms with van der Waals surface area (Å²) in [5, 5.41) is 19.6. The number of hydrogen-bond acceptors (Lipinski definition) is 5. The van der Waals surface area contributed by atoms with E-state index >= 15 is 0 Å². The first-order valence-corrected chi connectivity index (χ1v) is 8.06. The lowest BCUT2D eigenvalue weighted by Gasteiger charge is -2.15. The summed E-state index contributed by atoms with van der Waals surface area (Å²) >= 11 is 0. The van der Waals surface area contributed by atoms with Crippen LogP contribution in [0, 0.1) is 24.0 Å². The van der Waals surface area contributed by atoms with E-state index in [1.54, 1.807) is 20.8 Å². The highest BCUT2D eigenvalue weighted by Gasteiger charge is 2.23. The fourth-order valence-corrected chi connectivity index (χ4v) is 3.59. The zero-order valence-corrected chi connectivity index (χ0v) is 13.1. The third-order valence-corrected chi connectivity index (χ3v) is 4.97. The molecular formula is C13H20N2O5S. The molecule has 0 aliphatic heterocycles. The van der Waals surface area contributed by atoms with E-state index in [0.717, 1.165) is 6.07 Å². The molecule has 0 aromatic heterocycles.